The van der Waals surface area contributed by atoms with Gasteiger partial charge in [0.2, 0.25) is 0 Å². The molecule has 0 bridgehead atoms. The molecule has 3 aromatic carbocycles. The van der Waals surface area contributed by atoms with Crippen LogP contribution in [0.3, 0.4) is 0 Å². The maximum absolute atomic E-state index is 13.8. The molecule has 1 atom stereocenters. The molecule has 0 spiro atoms. The fourth-order valence-electron chi connectivity index (χ4n) is 6.38. The smallest absolute Gasteiger partial charge is 0.385 e. The number of benzene rings is 3. The summed E-state index contributed by atoms with van der Waals surface area (Å²) in [6.07, 6.45) is -8.95. The highest BCUT2D eigenvalue weighted by molar-refractivity contribution is 6.21. The number of hydrogen-bond acceptors (Lipinski definition) is 8. The predicted octanol–water partition coefficient (Wildman–Crippen LogP) is 5.99. The van der Waals surface area contributed by atoms with E-state index in [9.17, 15) is 35.9 Å². The molecular weight excluding hydrogens is 644 g/mol. The molecule has 1 unspecified atom stereocenters. The topological polar surface area (TPSA) is 105 Å². The van der Waals surface area contributed by atoms with E-state index in [0.29, 0.717) is 44.7 Å². The fraction of sp³-hybridized carbons (Fsp3) is 0.344. The van der Waals surface area contributed by atoms with Gasteiger partial charge in [-0.3, -0.25) is 14.5 Å². The minimum Gasteiger partial charge on any atom is -0.385 e. The Hall–Kier alpha value is -4.99. The first kappa shape index (κ1) is 31.6. The normalized spacial score (nSPS) is 17.5. The third-order valence-corrected chi connectivity index (χ3v) is 8.69. The van der Waals surface area contributed by atoms with E-state index in [0.717, 1.165) is 32.1 Å². The lowest BCUT2D eigenvalue weighted by Gasteiger charge is -2.32. The van der Waals surface area contributed by atoms with E-state index in [2.05, 4.69) is 20.7 Å². The van der Waals surface area contributed by atoms with Crippen LogP contribution in [-0.2, 0) is 43.4 Å². The van der Waals surface area contributed by atoms with E-state index >= 15 is 0 Å². The van der Waals surface area contributed by atoms with Crippen LogP contribution < -0.4 is 10.2 Å². The van der Waals surface area contributed by atoms with Gasteiger partial charge in [0.05, 0.1) is 54.6 Å². The van der Waals surface area contributed by atoms with Crippen LogP contribution in [0.15, 0.2) is 54.6 Å². The molecule has 16 heteroatoms. The highest BCUT2D eigenvalue weighted by Gasteiger charge is 2.38. The Kier molecular flexibility index (Phi) is 7.84. The Labute approximate surface area is 269 Å². The van der Waals surface area contributed by atoms with E-state index in [1.54, 1.807) is 29.2 Å². The van der Waals surface area contributed by atoms with Crippen molar-refractivity contribution in [2.24, 2.45) is 0 Å². The van der Waals surface area contributed by atoms with Gasteiger partial charge >= 0.3 is 12.4 Å². The molecule has 7 rings (SSSR count). The highest BCUT2D eigenvalue weighted by atomic mass is 19.4. The number of imide groups is 1. The summed E-state index contributed by atoms with van der Waals surface area (Å²) in [4.78, 5) is 29.4. The Balaban J connectivity index is 1.24. The van der Waals surface area contributed by atoms with E-state index in [1.165, 1.54) is 0 Å². The van der Waals surface area contributed by atoms with Crippen molar-refractivity contribution >= 4 is 23.5 Å². The van der Waals surface area contributed by atoms with Gasteiger partial charge < -0.3 is 15.0 Å². The van der Waals surface area contributed by atoms with Crippen molar-refractivity contribution in [1.82, 2.24) is 25.1 Å². The molecule has 2 amide bonds. The number of ether oxygens (including phenoxy) is 1. The Morgan fingerprint density at radius 2 is 1.52 bits per heavy atom. The van der Waals surface area contributed by atoms with Gasteiger partial charge in [0.1, 0.15) is 0 Å². The zero-order chi connectivity index (χ0) is 33.8. The van der Waals surface area contributed by atoms with E-state index in [4.69, 9.17) is 4.74 Å². The van der Waals surface area contributed by atoms with Crippen molar-refractivity contribution in [3.05, 3.63) is 99.1 Å². The van der Waals surface area contributed by atoms with Gasteiger partial charge in [0.25, 0.3) is 17.8 Å². The van der Waals surface area contributed by atoms with Crippen molar-refractivity contribution in [2.75, 3.05) is 23.3 Å². The number of nitrogens with zero attached hydrogens (tertiary/aromatic N) is 6. The Morgan fingerprint density at radius 1 is 0.875 bits per heavy atom. The summed E-state index contributed by atoms with van der Waals surface area (Å²) in [7, 11) is 0. The van der Waals surface area contributed by atoms with Gasteiger partial charge in [0, 0.05) is 18.8 Å². The van der Waals surface area contributed by atoms with Gasteiger partial charge in [-0.25, -0.2) is 0 Å². The number of hydrogen-bond donors (Lipinski definition) is 1. The zero-order valence-corrected chi connectivity index (χ0v) is 25.1. The number of aromatic nitrogens is 4. The number of alkyl halides is 6. The molecule has 4 aromatic rings. The van der Waals surface area contributed by atoms with Crippen LogP contribution in [0.5, 0.6) is 0 Å². The molecule has 250 valence electrons. The van der Waals surface area contributed by atoms with Crippen molar-refractivity contribution in [2.45, 2.75) is 57.5 Å². The van der Waals surface area contributed by atoms with Crippen LogP contribution in [0, 0.1) is 0 Å². The lowest BCUT2D eigenvalue weighted by Crippen LogP contribution is -2.33. The van der Waals surface area contributed by atoms with Crippen LogP contribution >= 0.6 is 0 Å². The second-order valence-corrected chi connectivity index (χ2v) is 11.8. The number of rotatable bonds is 7. The standard InChI is InChI=1S/C32H27F6N7O3/c33-31(34,35)21-10-18(11-22(14-21)32(36,37)38)15-44(27-6-3-7-39-26-13-20-17-48-16-19(20)12-25(26)27)30-40-42-45(41-30)9-8-43-28(46)23-4-1-2-5-24(23)29(43)47/h1-2,4-5,10-14,27,39H,3,6-9,15-17H2. The molecule has 3 aliphatic heterocycles. The zero-order valence-electron chi connectivity index (χ0n) is 25.1. The number of tetrazole rings is 1. The minimum absolute atomic E-state index is 0.0436. The van der Waals surface area contributed by atoms with Crippen LogP contribution in [0.2, 0.25) is 0 Å². The molecule has 4 heterocycles. The molecule has 10 nitrogen and oxygen atoms in total. The first-order valence-electron chi connectivity index (χ1n) is 15.1. The van der Waals surface area contributed by atoms with Crippen LogP contribution in [0.4, 0.5) is 38.0 Å². The quantitative estimate of drug-likeness (QED) is 0.189. The summed E-state index contributed by atoms with van der Waals surface area (Å²) in [6.45, 7) is 0.818. The van der Waals surface area contributed by atoms with Crippen LogP contribution in [0.1, 0.15) is 73.0 Å². The summed E-state index contributed by atoms with van der Waals surface area (Å²) in [5.74, 6) is -0.985. The molecule has 1 N–H and O–H groups in total. The van der Waals surface area contributed by atoms with Gasteiger partial charge in [-0.2, -0.15) is 31.1 Å². The van der Waals surface area contributed by atoms with Gasteiger partial charge in [0.15, 0.2) is 0 Å². The molecule has 0 fully saturated rings. The van der Waals surface area contributed by atoms with Gasteiger partial charge in [-0.05, 0) is 82.8 Å². The first-order chi connectivity index (χ1) is 22.9. The molecule has 48 heavy (non-hydrogen) atoms. The number of carbonyl (C=O) groups is 2. The number of halogens is 6. The number of nitrogens with one attached hydrogen (secondary N) is 1. The molecule has 0 aliphatic carbocycles. The molecule has 1 aromatic heterocycles. The summed E-state index contributed by atoms with van der Waals surface area (Å²) in [6, 6.07) is 11.2. The third kappa shape index (κ3) is 5.95. The van der Waals surface area contributed by atoms with E-state index < -0.39 is 47.9 Å². The van der Waals surface area contributed by atoms with Crippen molar-refractivity contribution in [3.8, 4) is 0 Å². The van der Waals surface area contributed by atoms with E-state index in [-0.39, 0.29) is 41.8 Å². The Bertz CT molecular complexity index is 1840. The summed E-state index contributed by atoms with van der Waals surface area (Å²) in [5.41, 5.74) is 0.896. The van der Waals surface area contributed by atoms with Crippen molar-refractivity contribution in [1.29, 1.82) is 0 Å². The maximum Gasteiger partial charge on any atom is 0.416 e. The number of carbonyl (C=O) groups excluding carboxylic acids is 2. The lowest BCUT2D eigenvalue weighted by molar-refractivity contribution is -0.143. The lowest BCUT2D eigenvalue weighted by atomic mass is 9.95. The maximum atomic E-state index is 13.8. The highest BCUT2D eigenvalue weighted by Crippen LogP contribution is 2.41. The summed E-state index contributed by atoms with van der Waals surface area (Å²) >= 11 is 0. The average molecular weight is 672 g/mol. The van der Waals surface area contributed by atoms with Crippen molar-refractivity contribution < 1.29 is 40.7 Å². The van der Waals surface area contributed by atoms with Gasteiger partial charge in [-0.1, -0.05) is 17.2 Å². The number of fused-ring (bicyclic) bond motifs is 3. The minimum atomic E-state index is -5.02. The predicted molar refractivity (Wildman–Crippen MR) is 158 cm³/mol. The largest absolute Gasteiger partial charge is 0.416 e. The molecule has 0 saturated carbocycles. The number of anilines is 2. The summed E-state index contributed by atoms with van der Waals surface area (Å²) in [5, 5.41) is 16.0. The molecule has 0 radical (unpaired) electrons. The Morgan fingerprint density at radius 3 is 2.17 bits per heavy atom. The van der Waals surface area contributed by atoms with E-state index in [1.807, 2.05) is 12.1 Å². The average Bonchev–Trinajstić information content (AvgIpc) is 3.72. The fourth-order valence-corrected chi connectivity index (χ4v) is 6.38. The first-order valence-corrected chi connectivity index (χ1v) is 15.1. The third-order valence-electron chi connectivity index (χ3n) is 8.69. The molecule has 0 saturated heterocycles. The molecule has 3 aliphatic rings. The molecular formula is C32H27F6N7O3. The second kappa shape index (κ2) is 11.9. The SMILES string of the molecule is O=C1c2ccccc2C(=O)N1CCn1nnc(N(Cc2cc(C(F)(F)F)cc(C(F)(F)F)c2)C2CCCNc3cc4c(cc32)COC4)n1. The monoisotopic (exact) mass is 671 g/mol. The van der Waals surface area contributed by atoms with Crippen LogP contribution in [0.25, 0.3) is 0 Å². The van der Waals surface area contributed by atoms with Gasteiger partial charge in [-0.15, -0.1) is 5.10 Å². The number of amides is 2. The second-order valence-electron chi connectivity index (χ2n) is 11.8. The summed E-state index contributed by atoms with van der Waals surface area (Å²) < 4.78 is 88.4. The van der Waals surface area contributed by atoms with Crippen molar-refractivity contribution in [3.63, 3.8) is 0 Å². The van der Waals surface area contributed by atoms with Crippen LogP contribution in [-0.4, -0.2) is 50.0 Å².